The normalized spacial score (nSPS) is 12.1. The van der Waals surface area contributed by atoms with Crippen LogP contribution in [0.1, 0.15) is 26.0 Å². The zero-order chi connectivity index (χ0) is 20.5. The van der Waals surface area contributed by atoms with Crippen LogP contribution < -0.4 is 5.32 Å². The molecule has 1 aromatic heterocycles. The van der Waals surface area contributed by atoms with Gasteiger partial charge in [-0.15, -0.1) is 0 Å². The molecule has 0 saturated carbocycles. The lowest BCUT2D eigenvalue weighted by Crippen LogP contribution is -2.44. The highest BCUT2D eigenvalue weighted by Crippen LogP contribution is 2.12. The maximum Gasteiger partial charge on any atom is 0.331 e. The summed E-state index contributed by atoms with van der Waals surface area (Å²) in [6.45, 7) is 3.36. The van der Waals surface area contributed by atoms with Gasteiger partial charge in [0.05, 0.1) is 18.3 Å². The van der Waals surface area contributed by atoms with Gasteiger partial charge in [0, 0.05) is 11.5 Å². The van der Waals surface area contributed by atoms with E-state index in [1.54, 1.807) is 6.07 Å². The molecule has 1 atom stereocenters. The second-order valence-electron chi connectivity index (χ2n) is 6.64. The molecule has 148 valence electrons. The van der Waals surface area contributed by atoms with E-state index in [2.05, 4.69) is 15.0 Å². The molecule has 28 heavy (non-hydrogen) atoms. The molecule has 0 aliphatic carbocycles. The number of aromatic nitrogens is 1. The Morgan fingerprint density at radius 2 is 1.89 bits per heavy atom. The van der Waals surface area contributed by atoms with Gasteiger partial charge < -0.3 is 14.8 Å². The Kier molecular flexibility index (Phi) is 7.68. The third-order valence-corrected chi connectivity index (χ3v) is 3.88. The zero-order valence-electron chi connectivity index (χ0n) is 16.2. The lowest BCUT2D eigenvalue weighted by Gasteiger charge is -2.18. The Morgan fingerprint density at radius 3 is 2.61 bits per heavy atom. The Labute approximate surface area is 163 Å². The Morgan fingerprint density at radius 1 is 1.14 bits per heavy atom. The largest absolute Gasteiger partial charge is 0.467 e. The molecule has 1 N–H and O–H groups in total. The predicted octanol–water partition coefficient (Wildman–Crippen LogP) is 2.50. The van der Waals surface area contributed by atoms with Crippen LogP contribution in [0.2, 0.25) is 0 Å². The molecule has 0 saturated heterocycles. The van der Waals surface area contributed by atoms with Crippen LogP contribution in [0, 0.1) is 5.92 Å². The van der Waals surface area contributed by atoms with E-state index >= 15 is 0 Å². The Balaban J connectivity index is 1.87. The number of fused-ring (bicyclic) bond motifs is 1. The average Bonchev–Trinajstić information content (AvgIpc) is 2.69. The SMILES string of the molecule is COC(=O)[C@H](CC(C)C)NC(=O)COC(=O)/C=C/c1ccc2ccccc2n1. The molecule has 0 aliphatic heterocycles. The first-order valence-electron chi connectivity index (χ1n) is 8.97. The summed E-state index contributed by atoms with van der Waals surface area (Å²) >= 11 is 0. The Bertz CT molecular complexity index is 876. The molecule has 1 aromatic carbocycles. The molecule has 0 aliphatic rings. The molecule has 0 unspecified atom stereocenters. The number of hydrogen-bond donors (Lipinski definition) is 1. The quantitative estimate of drug-likeness (QED) is 0.555. The van der Waals surface area contributed by atoms with Gasteiger partial charge in [0.15, 0.2) is 6.61 Å². The number of amides is 1. The first kappa shape index (κ1) is 21.1. The molecule has 1 heterocycles. The molecule has 1 amide bonds. The molecule has 7 nitrogen and oxygen atoms in total. The van der Waals surface area contributed by atoms with Gasteiger partial charge in [0.2, 0.25) is 0 Å². The third kappa shape index (κ3) is 6.50. The van der Waals surface area contributed by atoms with Crippen molar-refractivity contribution in [3.8, 4) is 0 Å². The Hall–Kier alpha value is -3.22. The van der Waals surface area contributed by atoms with Crippen molar-refractivity contribution in [1.82, 2.24) is 10.3 Å². The number of para-hydroxylation sites is 1. The van der Waals surface area contributed by atoms with Gasteiger partial charge in [0.25, 0.3) is 5.91 Å². The monoisotopic (exact) mass is 384 g/mol. The van der Waals surface area contributed by atoms with Crippen LogP contribution in [0.4, 0.5) is 0 Å². The number of methoxy groups -OCH3 is 1. The van der Waals surface area contributed by atoms with Crippen LogP contribution in [0.15, 0.2) is 42.5 Å². The molecular formula is C21H24N2O5. The fourth-order valence-electron chi connectivity index (χ4n) is 2.58. The third-order valence-electron chi connectivity index (χ3n) is 3.88. The summed E-state index contributed by atoms with van der Waals surface area (Å²) in [4.78, 5) is 39.9. The van der Waals surface area contributed by atoms with Gasteiger partial charge in [-0.2, -0.15) is 0 Å². The summed E-state index contributed by atoms with van der Waals surface area (Å²) in [5, 5.41) is 3.52. The van der Waals surface area contributed by atoms with Crippen LogP contribution in [-0.4, -0.2) is 42.6 Å². The van der Waals surface area contributed by atoms with E-state index in [0.717, 1.165) is 10.9 Å². The number of carbonyl (C=O) groups is 3. The minimum absolute atomic E-state index is 0.185. The molecule has 2 aromatic rings. The fraction of sp³-hybridized carbons (Fsp3) is 0.333. The maximum absolute atomic E-state index is 11.9. The van der Waals surface area contributed by atoms with E-state index in [4.69, 9.17) is 4.74 Å². The van der Waals surface area contributed by atoms with Crippen molar-refractivity contribution in [1.29, 1.82) is 0 Å². The number of carbonyl (C=O) groups excluding carboxylic acids is 3. The van der Waals surface area contributed by atoms with Crippen molar-refractivity contribution in [3.63, 3.8) is 0 Å². The molecular weight excluding hydrogens is 360 g/mol. The van der Waals surface area contributed by atoms with Crippen molar-refractivity contribution < 1.29 is 23.9 Å². The number of benzene rings is 1. The van der Waals surface area contributed by atoms with Crippen molar-refractivity contribution in [3.05, 3.63) is 48.2 Å². The van der Waals surface area contributed by atoms with Gasteiger partial charge in [-0.05, 0) is 30.5 Å². The smallest absolute Gasteiger partial charge is 0.331 e. The minimum Gasteiger partial charge on any atom is -0.467 e. The summed E-state index contributed by atoms with van der Waals surface area (Å²) in [6.07, 6.45) is 3.15. The van der Waals surface area contributed by atoms with Crippen LogP contribution in [0.5, 0.6) is 0 Å². The summed E-state index contributed by atoms with van der Waals surface area (Å²) in [7, 11) is 1.26. The average molecular weight is 384 g/mol. The van der Waals surface area contributed by atoms with Gasteiger partial charge in [0.1, 0.15) is 6.04 Å². The number of esters is 2. The maximum atomic E-state index is 11.9. The highest BCUT2D eigenvalue weighted by atomic mass is 16.5. The number of ether oxygens (including phenoxy) is 2. The molecule has 2 rings (SSSR count). The van der Waals surface area contributed by atoms with E-state index in [0.29, 0.717) is 12.1 Å². The van der Waals surface area contributed by atoms with Crippen LogP contribution in [0.25, 0.3) is 17.0 Å². The number of pyridine rings is 1. The first-order chi connectivity index (χ1) is 13.4. The standard InChI is InChI=1S/C21H24N2O5/c1-14(2)12-18(21(26)27-3)23-19(24)13-28-20(25)11-10-16-9-8-15-6-4-5-7-17(15)22-16/h4-11,14,18H,12-13H2,1-3H3,(H,23,24)/b11-10+/t18-/m0/s1. The minimum atomic E-state index is -0.770. The van der Waals surface area contributed by atoms with Crippen molar-refractivity contribution in [2.24, 2.45) is 5.92 Å². The van der Waals surface area contributed by atoms with Crippen molar-refractivity contribution in [2.75, 3.05) is 13.7 Å². The molecule has 7 heteroatoms. The van der Waals surface area contributed by atoms with Crippen molar-refractivity contribution in [2.45, 2.75) is 26.3 Å². The van der Waals surface area contributed by atoms with Crippen LogP contribution in [-0.2, 0) is 23.9 Å². The van der Waals surface area contributed by atoms with E-state index in [-0.39, 0.29) is 5.92 Å². The number of nitrogens with zero attached hydrogens (tertiary/aromatic N) is 1. The summed E-state index contributed by atoms with van der Waals surface area (Å²) < 4.78 is 9.59. The molecule has 0 fully saturated rings. The van der Waals surface area contributed by atoms with E-state index < -0.39 is 30.5 Å². The number of nitrogens with one attached hydrogen (secondary N) is 1. The summed E-state index contributed by atoms with van der Waals surface area (Å²) in [6, 6.07) is 10.6. The van der Waals surface area contributed by atoms with Gasteiger partial charge >= 0.3 is 11.9 Å². The second kappa shape index (κ2) is 10.2. The first-order valence-corrected chi connectivity index (χ1v) is 8.97. The molecule has 0 bridgehead atoms. The topological polar surface area (TPSA) is 94.6 Å². The van der Waals surface area contributed by atoms with E-state index in [1.165, 1.54) is 19.3 Å². The van der Waals surface area contributed by atoms with Crippen molar-refractivity contribution >= 4 is 34.8 Å². The fourth-order valence-corrected chi connectivity index (χ4v) is 2.58. The lowest BCUT2D eigenvalue weighted by molar-refractivity contribution is -0.148. The summed E-state index contributed by atoms with van der Waals surface area (Å²) in [5.74, 6) is -1.59. The van der Waals surface area contributed by atoms with Gasteiger partial charge in [-0.3, -0.25) is 4.79 Å². The van der Waals surface area contributed by atoms with Crippen LogP contribution >= 0.6 is 0 Å². The zero-order valence-corrected chi connectivity index (χ0v) is 16.2. The van der Waals surface area contributed by atoms with Gasteiger partial charge in [-0.25, -0.2) is 14.6 Å². The highest BCUT2D eigenvalue weighted by Gasteiger charge is 2.22. The van der Waals surface area contributed by atoms with Crippen LogP contribution in [0.3, 0.4) is 0 Å². The van der Waals surface area contributed by atoms with E-state index in [9.17, 15) is 14.4 Å². The molecule has 0 spiro atoms. The summed E-state index contributed by atoms with van der Waals surface area (Å²) in [5.41, 5.74) is 1.42. The molecule has 0 radical (unpaired) electrons. The van der Waals surface area contributed by atoms with Gasteiger partial charge in [-0.1, -0.05) is 38.1 Å². The van der Waals surface area contributed by atoms with E-state index in [1.807, 2.05) is 44.2 Å². The predicted molar refractivity (Wildman–Crippen MR) is 105 cm³/mol. The second-order valence-corrected chi connectivity index (χ2v) is 6.64. The number of hydrogen-bond acceptors (Lipinski definition) is 6. The number of rotatable bonds is 8. The highest BCUT2D eigenvalue weighted by molar-refractivity contribution is 5.90. The lowest BCUT2D eigenvalue weighted by atomic mass is 10.0.